The summed E-state index contributed by atoms with van der Waals surface area (Å²) < 4.78 is 0. The number of anilines is 1. The van der Waals surface area contributed by atoms with Crippen molar-refractivity contribution in [2.75, 3.05) is 4.90 Å². The summed E-state index contributed by atoms with van der Waals surface area (Å²) in [6, 6.07) is 7.43. The van der Waals surface area contributed by atoms with Gasteiger partial charge in [-0.05, 0) is 48.3 Å². The van der Waals surface area contributed by atoms with Gasteiger partial charge in [-0.25, -0.2) is 0 Å². The second-order valence-corrected chi connectivity index (χ2v) is 7.13. The summed E-state index contributed by atoms with van der Waals surface area (Å²) in [4.78, 5) is 27.2. The highest BCUT2D eigenvalue weighted by Gasteiger charge is 2.55. The van der Waals surface area contributed by atoms with Gasteiger partial charge in [-0.3, -0.25) is 14.5 Å². The Bertz CT molecular complexity index is 679. The molecule has 3 aliphatic rings. The lowest BCUT2D eigenvalue weighted by Crippen LogP contribution is -2.32. The molecule has 4 heteroatoms. The molecular weight excluding hydrogens is 288 g/mol. The number of nitrogens with two attached hydrogens (primary N) is 1. The highest BCUT2D eigenvalue weighted by atomic mass is 16.2. The van der Waals surface area contributed by atoms with Crippen LogP contribution in [0.25, 0.3) is 0 Å². The predicted molar refractivity (Wildman–Crippen MR) is 88.3 cm³/mol. The topological polar surface area (TPSA) is 63.4 Å². The van der Waals surface area contributed by atoms with E-state index in [2.05, 4.69) is 19.1 Å². The smallest absolute Gasteiger partial charge is 0.238 e. The first-order valence-corrected chi connectivity index (χ1v) is 8.45. The standard InChI is InChI=1S/C19H22N2O2/c1-11-9-16(11)14-3-2-4-15-17(14)19(23)21(18(15)22)13-7-5-12(10-20)6-8-13/h2-3,5-8,11,14-17H,4,9-10,20H2,1H3/t11-,14?,15?,16+,17?/m1/s1. The van der Waals surface area contributed by atoms with Gasteiger partial charge in [-0.15, -0.1) is 0 Å². The number of rotatable bonds is 3. The van der Waals surface area contributed by atoms with Crippen molar-refractivity contribution in [1.82, 2.24) is 0 Å². The lowest BCUT2D eigenvalue weighted by atomic mass is 9.75. The minimum Gasteiger partial charge on any atom is -0.326 e. The van der Waals surface area contributed by atoms with Crippen LogP contribution >= 0.6 is 0 Å². The molecule has 1 aromatic rings. The van der Waals surface area contributed by atoms with E-state index in [1.807, 2.05) is 24.3 Å². The lowest BCUT2D eigenvalue weighted by molar-refractivity contribution is -0.122. The molecule has 0 bridgehead atoms. The first kappa shape index (κ1) is 14.6. The summed E-state index contributed by atoms with van der Waals surface area (Å²) in [7, 11) is 0. The third-order valence-electron chi connectivity index (χ3n) is 5.74. The van der Waals surface area contributed by atoms with Crippen LogP contribution in [-0.4, -0.2) is 11.8 Å². The number of fused-ring (bicyclic) bond motifs is 1. The van der Waals surface area contributed by atoms with Gasteiger partial charge in [0.2, 0.25) is 11.8 Å². The molecule has 2 aliphatic carbocycles. The maximum Gasteiger partial charge on any atom is 0.238 e. The zero-order chi connectivity index (χ0) is 16.1. The minimum absolute atomic E-state index is 0.0195. The number of carbonyl (C=O) groups excluding carboxylic acids is 2. The van der Waals surface area contributed by atoms with E-state index in [-0.39, 0.29) is 29.6 Å². The Morgan fingerprint density at radius 2 is 1.87 bits per heavy atom. The fourth-order valence-corrected chi connectivity index (χ4v) is 4.26. The Morgan fingerprint density at radius 1 is 1.17 bits per heavy atom. The normalized spacial score (nSPS) is 35.6. The van der Waals surface area contributed by atoms with E-state index in [9.17, 15) is 9.59 Å². The van der Waals surface area contributed by atoms with E-state index in [0.717, 1.165) is 5.56 Å². The maximum atomic E-state index is 13.0. The third kappa shape index (κ3) is 2.24. The lowest BCUT2D eigenvalue weighted by Gasteiger charge is -2.26. The first-order valence-electron chi connectivity index (χ1n) is 8.45. The number of hydrogen-bond acceptors (Lipinski definition) is 3. The third-order valence-corrected chi connectivity index (χ3v) is 5.74. The van der Waals surface area contributed by atoms with E-state index in [1.165, 1.54) is 11.3 Å². The molecule has 5 atom stereocenters. The molecule has 2 fully saturated rings. The molecule has 4 rings (SSSR count). The Labute approximate surface area is 136 Å². The molecule has 0 radical (unpaired) electrons. The summed E-state index contributed by atoms with van der Waals surface area (Å²) in [5.74, 6) is 1.06. The van der Waals surface area contributed by atoms with Gasteiger partial charge in [0.05, 0.1) is 17.5 Å². The van der Waals surface area contributed by atoms with Gasteiger partial charge in [0.1, 0.15) is 0 Å². The van der Waals surface area contributed by atoms with E-state index in [1.54, 1.807) is 0 Å². The SMILES string of the molecule is C[C@@H]1C[C@@H]1C1C=CCC2C(=O)N(c3ccc(CN)cc3)C(=O)C21. The Kier molecular flexibility index (Phi) is 3.38. The molecule has 3 unspecified atom stereocenters. The Hall–Kier alpha value is -1.94. The van der Waals surface area contributed by atoms with Crippen LogP contribution in [0.1, 0.15) is 25.3 Å². The number of nitrogens with zero attached hydrogens (tertiary/aromatic N) is 1. The van der Waals surface area contributed by atoms with Crippen molar-refractivity contribution in [3.8, 4) is 0 Å². The highest BCUT2D eigenvalue weighted by Crippen LogP contribution is 2.53. The average molecular weight is 310 g/mol. The van der Waals surface area contributed by atoms with Crippen molar-refractivity contribution in [1.29, 1.82) is 0 Å². The molecular formula is C19H22N2O2. The van der Waals surface area contributed by atoms with Crippen molar-refractivity contribution in [3.05, 3.63) is 42.0 Å². The second kappa shape index (κ2) is 5.31. The van der Waals surface area contributed by atoms with Crippen LogP contribution in [0.5, 0.6) is 0 Å². The van der Waals surface area contributed by atoms with Crippen molar-refractivity contribution in [2.24, 2.45) is 35.3 Å². The van der Waals surface area contributed by atoms with E-state index in [4.69, 9.17) is 5.73 Å². The Balaban J connectivity index is 1.65. The van der Waals surface area contributed by atoms with Crippen molar-refractivity contribution < 1.29 is 9.59 Å². The highest BCUT2D eigenvalue weighted by molar-refractivity contribution is 6.22. The van der Waals surface area contributed by atoms with Gasteiger partial charge < -0.3 is 5.73 Å². The number of benzene rings is 1. The van der Waals surface area contributed by atoms with Crippen LogP contribution < -0.4 is 10.6 Å². The zero-order valence-electron chi connectivity index (χ0n) is 13.3. The largest absolute Gasteiger partial charge is 0.326 e. The summed E-state index contributed by atoms with van der Waals surface area (Å²) in [5.41, 5.74) is 7.29. The number of hydrogen-bond donors (Lipinski definition) is 1. The van der Waals surface area contributed by atoms with Crippen molar-refractivity contribution in [3.63, 3.8) is 0 Å². The number of carbonyl (C=O) groups is 2. The minimum atomic E-state index is -0.181. The van der Waals surface area contributed by atoms with Crippen molar-refractivity contribution in [2.45, 2.75) is 26.3 Å². The van der Waals surface area contributed by atoms with Crippen LogP contribution in [0, 0.1) is 29.6 Å². The summed E-state index contributed by atoms with van der Waals surface area (Å²) >= 11 is 0. The summed E-state index contributed by atoms with van der Waals surface area (Å²) in [6.45, 7) is 2.69. The molecule has 0 aromatic heterocycles. The van der Waals surface area contributed by atoms with Gasteiger partial charge in [0.25, 0.3) is 0 Å². The number of amides is 2. The molecule has 120 valence electrons. The summed E-state index contributed by atoms with van der Waals surface area (Å²) in [6.07, 6.45) is 6.14. The van der Waals surface area contributed by atoms with Crippen molar-refractivity contribution >= 4 is 17.5 Å². The second-order valence-electron chi connectivity index (χ2n) is 7.13. The fourth-order valence-electron chi connectivity index (χ4n) is 4.26. The molecule has 1 saturated carbocycles. The monoisotopic (exact) mass is 310 g/mol. The molecule has 1 saturated heterocycles. The van der Waals surface area contributed by atoms with Crippen LogP contribution in [0.2, 0.25) is 0 Å². The molecule has 2 amide bonds. The van der Waals surface area contributed by atoms with Crippen LogP contribution in [0.15, 0.2) is 36.4 Å². The molecule has 1 aromatic carbocycles. The first-order chi connectivity index (χ1) is 11.1. The van der Waals surface area contributed by atoms with Crippen LogP contribution in [0.3, 0.4) is 0 Å². The van der Waals surface area contributed by atoms with Gasteiger partial charge in [-0.2, -0.15) is 0 Å². The molecule has 1 heterocycles. The number of imide groups is 1. The molecule has 2 N–H and O–H groups in total. The Morgan fingerprint density at radius 3 is 2.48 bits per heavy atom. The van der Waals surface area contributed by atoms with E-state index in [0.29, 0.717) is 30.5 Å². The predicted octanol–water partition coefficient (Wildman–Crippen LogP) is 2.48. The van der Waals surface area contributed by atoms with Gasteiger partial charge >= 0.3 is 0 Å². The van der Waals surface area contributed by atoms with Gasteiger partial charge in [0.15, 0.2) is 0 Å². The average Bonchev–Trinajstić information content (AvgIpc) is 3.25. The molecule has 4 nitrogen and oxygen atoms in total. The van der Waals surface area contributed by atoms with Gasteiger partial charge in [-0.1, -0.05) is 31.2 Å². The van der Waals surface area contributed by atoms with E-state index >= 15 is 0 Å². The molecule has 0 spiro atoms. The molecule has 23 heavy (non-hydrogen) atoms. The quantitative estimate of drug-likeness (QED) is 0.689. The maximum absolute atomic E-state index is 13.0. The van der Waals surface area contributed by atoms with Crippen LogP contribution in [-0.2, 0) is 16.1 Å². The molecule has 1 aliphatic heterocycles. The zero-order valence-corrected chi connectivity index (χ0v) is 13.3. The summed E-state index contributed by atoms with van der Waals surface area (Å²) in [5, 5.41) is 0. The van der Waals surface area contributed by atoms with Crippen LogP contribution in [0.4, 0.5) is 5.69 Å². The van der Waals surface area contributed by atoms with E-state index < -0.39 is 0 Å². The van der Waals surface area contributed by atoms with Gasteiger partial charge in [0, 0.05) is 6.54 Å². The number of allylic oxidation sites excluding steroid dienone is 2. The fraction of sp³-hybridized carbons (Fsp3) is 0.474.